The Morgan fingerprint density at radius 2 is 1.71 bits per heavy atom. The Kier molecular flexibility index (Phi) is 5.73. The van der Waals surface area contributed by atoms with E-state index in [2.05, 4.69) is 4.72 Å². The van der Waals surface area contributed by atoms with Gasteiger partial charge in [-0.3, -0.25) is 0 Å². The molecular formula is C8H17Cl2NO2S. The van der Waals surface area contributed by atoms with E-state index in [1.165, 1.54) is 0 Å². The summed E-state index contributed by atoms with van der Waals surface area (Å²) in [4.78, 5) is 0. The minimum Gasteiger partial charge on any atom is -0.212 e. The molecule has 0 rings (SSSR count). The van der Waals surface area contributed by atoms with E-state index < -0.39 is 15.6 Å². The van der Waals surface area contributed by atoms with E-state index in [0.717, 1.165) is 0 Å². The predicted octanol–water partition coefficient (Wildman–Crippen LogP) is 1.80. The normalized spacial score (nSPS) is 13.6. The molecule has 0 unspecified atom stereocenters. The number of alkyl halides is 2. The third-order valence-corrected chi connectivity index (χ3v) is 4.63. The first-order valence-corrected chi connectivity index (χ1v) is 7.10. The molecule has 0 aromatic heterocycles. The van der Waals surface area contributed by atoms with Crippen LogP contribution in [0.1, 0.15) is 20.8 Å². The highest BCUT2D eigenvalue weighted by Crippen LogP contribution is 2.11. The summed E-state index contributed by atoms with van der Waals surface area (Å²) in [6.07, 6.45) is 0. The van der Waals surface area contributed by atoms with Crippen LogP contribution in [0.15, 0.2) is 0 Å². The van der Waals surface area contributed by atoms with Crippen molar-refractivity contribution in [3.05, 3.63) is 0 Å². The quantitative estimate of drug-likeness (QED) is 0.742. The molecule has 1 N–H and O–H groups in total. The molecule has 0 aromatic carbocycles. The Morgan fingerprint density at radius 1 is 1.29 bits per heavy atom. The summed E-state index contributed by atoms with van der Waals surface area (Å²) in [5.41, 5.74) is -0.753. The van der Waals surface area contributed by atoms with Crippen molar-refractivity contribution >= 4 is 33.2 Å². The standard InChI is InChI=1S/C8H17Cl2NO2S/c1-7(2)4-14(12,13)11-8(3,5-9)6-10/h7,11H,4-6H2,1-3H3. The zero-order chi connectivity index (χ0) is 11.4. The Balaban J connectivity index is 4.49. The van der Waals surface area contributed by atoms with Gasteiger partial charge in [0.25, 0.3) is 0 Å². The molecule has 0 saturated carbocycles. The molecule has 0 bridgehead atoms. The second-order valence-electron chi connectivity index (χ2n) is 4.11. The number of hydrogen-bond donors (Lipinski definition) is 1. The average molecular weight is 262 g/mol. The molecule has 3 nitrogen and oxygen atoms in total. The van der Waals surface area contributed by atoms with Gasteiger partial charge in [0.1, 0.15) is 0 Å². The second kappa shape index (κ2) is 5.54. The highest BCUT2D eigenvalue weighted by molar-refractivity contribution is 7.89. The number of nitrogens with one attached hydrogen (secondary N) is 1. The van der Waals surface area contributed by atoms with Crippen molar-refractivity contribution in [3.63, 3.8) is 0 Å². The summed E-state index contributed by atoms with van der Waals surface area (Å²) in [7, 11) is -3.28. The number of hydrogen-bond acceptors (Lipinski definition) is 2. The first kappa shape index (κ1) is 14.5. The van der Waals surface area contributed by atoms with Gasteiger partial charge in [-0.1, -0.05) is 13.8 Å². The van der Waals surface area contributed by atoms with Crippen LogP contribution < -0.4 is 4.72 Å². The van der Waals surface area contributed by atoms with E-state index in [9.17, 15) is 8.42 Å². The van der Waals surface area contributed by atoms with Gasteiger partial charge in [0, 0.05) is 11.8 Å². The van der Waals surface area contributed by atoms with Gasteiger partial charge in [-0.25, -0.2) is 13.1 Å². The Bertz CT molecular complexity index is 261. The molecular weight excluding hydrogens is 245 g/mol. The van der Waals surface area contributed by atoms with Crippen LogP contribution in [0.3, 0.4) is 0 Å². The molecule has 6 heteroatoms. The van der Waals surface area contributed by atoms with Gasteiger partial charge < -0.3 is 0 Å². The minimum absolute atomic E-state index is 0.0856. The largest absolute Gasteiger partial charge is 0.212 e. The lowest BCUT2D eigenvalue weighted by Crippen LogP contribution is -2.50. The molecule has 0 radical (unpaired) electrons. The summed E-state index contributed by atoms with van der Waals surface area (Å²) in [6.45, 7) is 5.38. The van der Waals surface area contributed by atoms with Gasteiger partial charge in [0.2, 0.25) is 10.0 Å². The van der Waals surface area contributed by atoms with E-state index in [4.69, 9.17) is 23.2 Å². The highest BCUT2D eigenvalue weighted by atomic mass is 35.5. The molecule has 0 saturated heterocycles. The van der Waals surface area contributed by atoms with Gasteiger partial charge in [-0.2, -0.15) is 0 Å². The second-order valence-corrected chi connectivity index (χ2v) is 6.41. The minimum atomic E-state index is -3.28. The molecule has 0 aliphatic heterocycles. The molecule has 0 amide bonds. The van der Waals surface area contributed by atoms with Gasteiger partial charge in [0.05, 0.1) is 11.3 Å². The Labute approximate surface area is 96.2 Å². The molecule has 14 heavy (non-hydrogen) atoms. The van der Waals surface area contributed by atoms with Crippen molar-refractivity contribution in [2.24, 2.45) is 5.92 Å². The molecule has 0 aromatic rings. The van der Waals surface area contributed by atoms with Crippen LogP contribution in [-0.4, -0.2) is 31.5 Å². The van der Waals surface area contributed by atoms with E-state index in [1.54, 1.807) is 6.92 Å². The molecule has 0 fully saturated rings. The van der Waals surface area contributed by atoms with Crippen molar-refractivity contribution in [1.29, 1.82) is 0 Å². The fourth-order valence-electron chi connectivity index (χ4n) is 0.946. The van der Waals surface area contributed by atoms with Crippen molar-refractivity contribution in [2.75, 3.05) is 17.5 Å². The molecule has 0 spiro atoms. The number of sulfonamides is 1. The van der Waals surface area contributed by atoms with Crippen LogP contribution >= 0.6 is 23.2 Å². The highest BCUT2D eigenvalue weighted by Gasteiger charge is 2.28. The smallest absolute Gasteiger partial charge is 0.212 e. The third-order valence-electron chi connectivity index (χ3n) is 1.54. The van der Waals surface area contributed by atoms with Crippen molar-refractivity contribution in [1.82, 2.24) is 4.72 Å². The molecule has 0 heterocycles. The summed E-state index contributed by atoms with van der Waals surface area (Å²) < 4.78 is 25.6. The Hall–Kier alpha value is 0.490. The van der Waals surface area contributed by atoms with E-state index >= 15 is 0 Å². The van der Waals surface area contributed by atoms with Crippen LogP contribution in [0.4, 0.5) is 0 Å². The fraction of sp³-hybridized carbons (Fsp3) is 1.00. The maximum absolute atomic E-state index is 11.5. The molecule has 0 atom stereocenters. The van der Waals surface area contributed by atoms with Gasteiger partial charge in [-0.05, 0) is 12.8 Å². The first-order valence-electron chi connectivity index (χ1n) is 4.38. The van der Waals surface area contributed by atoms with Crippen molar-refractivity contribution in [3.8, 4) is 0 Å². The predicted molar refractivity (Wildman–Crippen MR) is 61.6 cm³/mol. The first-order chi connectivity index (χ1) is 6.24. The fourth-order valence-corrected chi connectivity index (χ4v) is 3.38. The van der Waals surface area contributed by atoms with Gasteiger partial charge in [-0.15, -0.1) is 23.2 Å². The maximum atomic E-state index is 11.5. The maximum Gasteiger partial charge on any atom is 0.212 e. The lowest BCUT2D eigenvalue weighted by Gasteiger charge is -2.25. The average Bonchev–Trinajstić information content (AvgIpc) is 2.01. The molecule has 0 aliphatic rings. The van der Waals surface area contributed by atoms with Crippen LogP contribution in [-0.2, 0) is 10.0 Å². The van der Waals surface area contributed by atoms with Gasteiger partial charge >= 0.3 is 0 Å². The summed E-state index contributed by atoms with van der Waals surface area (Å²) in [5.74, 6) is 0.500. The van der Waals surface area contributed by atoms with E-state index in [1.807, 2.05) is 13.8 Å². The SMILES string of the molecule is CC(C)CS(=O)(=O)NC(C)(CCl)CCl. The van der Waals surface area contributed by atoms with Crippen LogP contribution in [0.2, 0.25) is 0 Å². The number of halogens is 2. The summed E-state index contributed by atoms with van der Waals surface area (Å²) >= 11 is 11.3. The lowest BCUT2D eigenvalue weighted by molar-refractivity contribution is 0.495. The Morgan fingerprint density at radius 3 is 2.00 bits per heavy atom. The van der Waals surface area contributed by atoms with Crippen LogP contribution in [0, 0.1) is 5.92 Å². The zero-order valence-corrected chi connectivity index (χ0v) is 11.0. The third kappa shape index (κ3) is 5.39. The summed E-state index contributed by atoms with van der Waals surface area (Å²) in [6, 6.07) is 0. The zero-order valence-electron chi connectivity index (χ0n) is 8.68. The van der Waals surface area contributed by atoms with Crippen LogP contribution in [0.5, 0.6) is 0 Å². The monoisotopic (exact) mass is 261 g/mol. The van der Waals surface area contributed by atoms with E-state index in [-0.39, 0.29) is 23.4 Å². The lowest BCUT2D eigenvalue weighted by atomic mass is 10.1. The van der Waals surface area contributed by atoms with E-state index in [0.29, 0.717) is 0 Å². The van der Waals surface area contributed by atoms with Gasteiger partial charge in [0.15, 0.2) is 0 Å². The molecule has 86 valence electrons. The van der Waals surface area contributed by atoms with Crippen molar-refractivity contribution < 1.29 is 8.42 Å². The number of rotatable bonds is 6. The van der Waals surface area contributed by atoms with Crippen LogP contribution in [0.25, 0.3) is 0 Å². The van der Waals surface area contributed by atoms with Crippen molar-refractivity contribution in [2.45, 2.75) is 26.3 Å². The molecule has 0 aliphatic carbocycles. The summed E-state index contributed by atoms with van der Waals surface area (Å²) in [5, 5.41) is 0. The topological polar surface area (TPSA) is 46.2 Å².